The molecular weight excluding hydrogens is 351 g/mol. The molecule has 1 aromatic rings. The molecule has 6 nitrogen and oxygen atoms in total. The number of aromatic nitrogens is 2. The van der Waals surface area contributed by atoms with E-state index in [4.69, 9.17) is 10.5 Å². The van der Waals surface area contributed by atoms with E-state index in [-0.39, 0.29) is 36.8 Å². The Bertz CT molecular complexity index is 558. The van der Waals surface area contributed by atoms with Crippen LogP contribution in [0.3, 0.4) is 0 Å². The largest absolute Gasteiger partial charge is 0.373 e. The van der Waals surface area contributed by atoms with Crippen LogP contribution >= 0.6 is 24.8 Å². The van der Waals surface area contributed by atoms with Crippen LogP contribution in [0.4, 0.5) is 0 Å². The summed E-state index contributed by atoms with van der Waals surface area (Å²) in [6.07, 6.45) is 3.72. The average Bonchev–Trinajstić information content (AvgIpc) is 3.06. The third-order valence-corrected chi connectivity index (χ3v) is 4.83. The van der Waals surface area contributed by atoms with Crippen molar-refractivity contribution in [3.8, 4) is 0 Å². The molecule has 1 unspecified atom stereocenters. The van der Waals surface area contributed by atoms with Crippen molar-refractivity contribution in [3.63, 3.8) is 0 Å². The van der Waals surface area contributed by atoms with Crippen molar-refractivity contribution in [3.05, 3.63) is 17.5 Å². The highest BCUT2D eigenvalue weighted by Gasteiger charge is 2.41. The van der Waals surface area contributed by atoms with E-state index < -0.39 is 5.54 Å². The fourth-order valence-corrected chi connectivity index (χ4v) is 3.60. The Morgan fingerprint density at radius 1 is 1.38 bits per heavy atom. The molecule has 2 aliphatic rings. The predicted molar refractivity (Wildman–Crippen MR) is 97.9 cm³/mol. The van der Waals surface area contributed by atoms with E-state index in [2.05, 4.69) is 11.2 Å². The number of carbonyl (C=O) groups excluding carboxylic acids is 1. The maximum absolute atomic E-state index is 12.7. The first kappa shape index (κ1) is 21.2. The van der Waals surface area contributed by atoms with Crippen LogP contribution in [0.1, 0.15) is 37.1 Å². The van der Waals surface area contributed by atoms with Gasteiger partial charge in [0, 0.05) is 18.8 Å². The molecule has 24 heavy (non-hydrogen) atoms. The second-order valence-corrected chi connectivity index (χ2v) is 6.72. The summed E-state index contributed by atoms with van der Waals surface area (Å²) >= 11 is 0. The van der Waals surface area contributed by atoms with Gasteiger partial charge in [-0.15, -0.1) is 24.8 Å². The molecule has 0 radical (unpaired) electrons. The van der Waals surface area contributed by atoms with E-state index in [0.29, 0.717) is 26.2 Å². The lowest BCUT2D eigenvalue weighted by atomic mass is 9.96. The molecule has 1 aromatic heterocycles. The molecular formula is C16H28Cl2N4O2. The summed E-state index contributed by atoms with van der Waals surface area (Å²) in [5, 5.41) is 4.47. The highest BCUT2D eigenvalue weighted by molar-refractivity contribution is 5.86. The van der Waals surface area contributed by atoms with Gasteiger partial charge >= 0.3 is 0 Å². The van der Waals surface area contributed by atoms with Crippen LogP contribution in [-0.2, 0) is 16.1 Å². The van der Waals surface area contributed by atoms with E-state index in [0.717, 1.165) is 37.1 Å². The van der Waals surface area contributed by atoms with Gasteiger partial charge in [0.05, 0.1) is 30.5 Å². The highest BCUT2D eigenvalue weighted by Crippen LogP contribution is 2.29. The maximum Gasteiger partial charge on any atom is 0.242 e. The standard InChI is InChI=1S/C16H26N4O2.2ClH/c1-12-9-13(2)20(18-12)11-14-10-19(7-8-22-14)15(21)16(17)5-3-4-6-16;;/h9,14H,3-8,10-11,17H2,1-2H3;2*1H. The Balaban J connectivity index is 0.00000144. The smallest absolute Gasteiger partial charge is 0.242 e. The number of hydrogen-bond donors (Lipinski definition) is 1. The van der Waals surface area contributed by atoms with E-state index in [1.807, 2.05) is 23.4 Å². The number of hydrogen-bond acceptors (Lipinski definition) is 4. The molecule has 1 saturated heterocycles. The predicted octanol–water partition coefficient (Wildman–Crippen LogP) is 1.84. The number of halogens is 2. The molecule has 2 fully saturated rings. The molecule has 1 saturated carbocycles. The molecule has 138 valence electrons. The summed E-state index contributed by atoms with van der Waals surface area (Å²) in [5.41, 5.74) is 7.80. The number of morpholine rings is 1. The van der Waals surface area contributed by atoms with Crippen molar-refractivity contribution < 1.29 is 9.53 Å². The van der Waals surface area contributed by atoms with Crippen molar-refractivity contribution in [1.82, 2.24) is 14.7 Å². The van der Waals surface area contributed by atoms with Gasteiger partial charge in [0.15, 0.2) is 0 Å². The Labute approximate surface area is 155 Å². The Hall–Kier alpha value is -0.820. The van der Waals surface area contributed by atoms with E-state index in [1.165, 1.54) is 0 Å². The van der Waals surface area contributed by atoms with Gasteiger partial charge in [-0.25, -0.2) is 0 Å². The Morgan fingerprint density at radius 3 is 2.62 bits per heavy atom. The first-order valence-corrected chi connectivity index (χ1v) is 8.19. The summed E-state index contributed by atoms with van der Waals surface area (Å²) in [4.78, 5) is 14.6. The van der Waals surface area contributed by atoms with Crippen molar-refractivity contribution in [1.29, 1.82) is 0 Å². The van der Waals surface area contributed by atoms with Crippen molar-refractivity contribution in [2.45, 2.75) is 57.7 Å². The molecule has 0 bridgehead atoms. The van der Waals surface area contributed by atoms with Gasteiger partial charge in [0.2, 0.25) is 5.91 Å². The van der Waals surface area contributed by atoms with Crippen molar-refractivity contribution in [2.24, 2.45) is 5.73 Å². The van der Waals surface area contributed by atoms with Crippen LogP contribution < -0.4 is 5.73 Å². The number of carbonyl (C=O) groups is 1. The topological polar surface area (TPSA) is 73.4 Å². The Kier molecular flexibility index (Phi) is 7.53. The zero-order valence-electron chi connectivity index (χ0n) is 14.4. The zero-order chi connectivity index (χ0) is 15.7. The van der Waals surface area contributed by atoms with Crippen molar-refractivity contribution in [2.75, 3.05) is 19.7 Å². The first-order valence-electron chi connectivity index (χ1n) is 8.19. The molecule has 2 N–H and O–H groups in total. The Morgan fingerprint density at radius 2 is 2.04 bits per heavy atom. The summed E-state index contributed by atoms with van der Waals surface area (Å²) < 4.78 is 7.79. The SMILES string of the molecule is Cc1cc(C)n(CC2CN(C(=O)C3(N)CCCC3)CCO2)n1.Cl.Cl. The normalized spacial score (nSPS) is 22.6. The fourth-order valence-electron chi connectivity index (χ4n) is 3.60. The highest BCUT2D eigenvalue weighted by atomic mass is 35.5. The molecule has 1 aliphatic carbocycles. The lowest BCUT2D eigenvalue weighted by Crippen LogP contribution is -2.58. The minimum Gasteiger partial charge on any atom is -0.373 e. The average molecular weight is 379 g/mol. The van der Waals surface area contributed by atoms with Crippen LogP contribution in [0.2, 0.25) is 0 Å². The number of rotatable bonds is 3. The van der Waals surface area contributed by atoms with Gasteiger partial charge in [-0.3, -0.25) is 9.48 Å². The van der Waals surface area contributed by atoms with Crippen molar-refractivity contribution >= 4 is 30.7 Å². The fraction of sp³-hybridized carbons (Fsp3) is 0.750. The molecule has 3 rings (SSSR count). The van der Waals surface area contributed by atoms with Crippen LogP contribution in [0, 0.1) is 13.8 Å². The van der Waals surface area contributed by atoms with E-state index in [1.54, 1.807) is 0 Å². The summed E-state index contributed by atoms with van der Waals surface area (Å²) in [6.45, 7) is 6.53. The van der Waals surface area contributed by atoms with Gasteiger partial charge in [0.25, 0.3) is 0 Å². The molecule has 8 heteroatoms. The zero-order valence-corrected chi connectivity index (χ0v) is 16.0. The number of ether oxygens (including phenoxy) is 1. The third-order valence-electron chi connectivity index (χ3n) is 4.83. The van der Waals surface area contributed by atoms with Gasteiger partial charge in [0.1, 0.15) is 0 Å². The molecule has 1 aliphatic heterocycles. The second-order valence-electron chi connectivity index (χ2n) is 6.72. The molecule has 0 spiro atoms. The monoisotopic (exact) mass is 378 g/mol. The maximum atomic E-state index is 12.7. The van der Waals surface area contributed by atoms with Gasteiger partial charge in [-0.2, -0.15) is 5.10 Å². The van der Waals surface area contributed by atoms with E-state index >= 15 is 0 Å². The van der Waals surface area contributed by atoms with Gasteiger partial charge in [-0.1, -0.05) is 12.8 Å². The summed E-state index contributed by atoms with van der Waals surface area (Å²) in [5.74, 6) is 0.103. The number of amides is 1. The minimum atomic E-state index is -0.639. The second kappa shape index (κ2) is 8.52. The first-order chi connectivity index (χ1) is 10.5. The number of nitrogens with zero attached hydrogens (tertiary/aromatic N) is 3. The van der Waals surface area contributed by atoms with E-state index in [9.17, 15) is 4.79 Å². The molecule has 0 aromatic carbocycles. The lowest BCUT2D eigenvalue weighted by Gasteiger charge is -2.37. The van der Waals surface area contributed by atoms with Crippen LogP contribution in [0.25, 0.3) is 0 Å². The van der Waals surface area contributed by atoms with Gasteiger partial charge < -0.3 is 15.4 Å². The van der Waals surface area contributed by atoms with Crippen LogP contribution in [-0.4, -0.2) is 51.9 Å². The number of nitrogens with two attached hydrogens (primary N) is 1. The number of aryl methyl sites for hydroxylation is 2. The summed E-state index contributed by atoms with van der Waals surface area (Å²) in [7, 11) is 0. The third kappa shape index (κ3) is 4.42. The quantitative estimate of drug-likeness (QED) is 0.870. The lowest BCUT2D eigenvalue weighted by molar-refractivity contribution is -0.145. The molecule has 2 heterocycles. The minimum absolute atomic E-state index is 0. The van der Waals surface area contributed by atoms with Gasteiger partial charge in [-0.05, 0) is 32.8 Å². The summed E-state index contributed by atoms with van der Waals surface area (Å²) in [6, 6.07) is 2.05. The molecule has 1 amide bonds. The van der Waals surface area contributed by atoms with Crippen LogP contribution in [0.5, 0.6) is 0 Å². The van der Waals surface area contributed by atoms with Crippen LogP contribution in [0.15, 0.2) is 6.07 Å². The molecule has 1 atom stereocenters.